The topological polar surface area (TPSA) is 163 Å². The van der Waals surface area contributed by atoms with E-state index >= 15 is 0 Å². The van der Waals surface area contributed by atoms with Crippen LogP contribution >= 0.6 is 39.1 Å². The highest BCUT2D eigenvalue weighted by molar-refractivity contribution is 9.10. The molecule has 8 rings (SSSR count). The number of hydrogen-bond acceptors (Lipinski definition) is 10. The van der Waals surface area contributed by atoms with Gasteiger partial charge in [0, 0.05) is 22.9 Å². The third kappa shape index (κ3) is 5.97. The molecule has 0 aliphatic carbocycles. The molecule has 0 spiro atoms. The molecule has 0 atom stereocenters. The van der Waals surface area contributed by atoms with E-state index in [1.165, 1.54) is 12.1 Å². The van der Waals surface area contributed by atoms with Gasteiger partial charge in [-0.05, 0) is 48.0 Å². The summed E-state index contributed by atoms with van der Waals surface area (Å²) in [5, 5.41) is 9.09. The van der Waals surface area contributed by atoms with Gasteiger partial charge >= 0.3 is 0 Å². The molecule has 4 heterocycles. The number of nitrogens with zero attached hydrogens (tertiary/aromatic N) is 2. The lowest BCUT2D eigenvalue weighted by molar-refractivity contribution is 0.348. The number of sulfonamides is 2. The number of para-hydroxylation sites is 1. The van der Waals surface area contributed by atoms with Gasteiger partial charge in [-0.3, -0.25) is 9.44 Å². The van der Waals surface area contributed by atoms with Crippen LogP contribution in [-0.4, -0.2) is 40.4 Å². The summed E-state index contributed by atoms with van der Waals surface area (Å²) in [6.07, 6.45) is 1.35. The number of hydrogen-bond donors (Lipinski definition) is 2. The summed E-state index contributed by atoms with van der Waals surface area (Å²) < 4.78 is 77.8. The summed E-state index contributed by atoms with van der Waals surface area (Å²) in [6, 6.07) is 18.4. The summed E-state index contributed by atoms with van der Waals surface area (Å²) in [6.45, 7) is 0.924. The Kier molecular flexibility index (Phi) is 8.20. The number of halogens is 3. The molecule has 2 aliphatic heterocycles. The van der Waals surface area contributed by atoms with Crippen molar-refractivity contribution < 1.29 is 35.4 Å². The van der Waals surface area contributed by atoms with Gasteiger partial charge in [0.25, 0.3) is 20.0 Å². The second-order valence-corrected chi connectivity index (χ2v) is 15.4. The largest absolute Gasteiger partial charge is 0.492 e. The summed E-state index contributed by atoms with van der Waals surface area (Å²) in [7, 11) is -7.80. The van der Waals surface area contributed by atoms with Crippen molar-refractivity contribution in [2.75, 3.05) is 22.7 Å². The van der Waals surface area contributed by atoms with Gasteiger partial charge in [0.05, 0.1) is 34.0 Å². The Labute approximate surface area is 286 Å². The van der Waals surface area contributed by atoms with Crippen LogP contribution in [0.1, 0.15) is 11.1 Å². The second kappa shape index (κ2) is 12.2. The monoisotopic (exact) mass is 778 g/mol. The molecule has 17 heteroatoms. The molecule has 0 saturated carbocycles. The molecule has 4 aromatic carbocycles. The van der Waals surface area contributed by atoms with Gasteiger partial charge in [-0.1, -0.05) is 73.7 Å². The maximum absolute atomic E-state index is 12.8. The number of anilines is 2. The van der Waals surface area contributed by atoms with Crippen molar-refractivity contribution >= 4 is 92.8 Å². The lowest BCUT2D eigenvalue weighted by Gasteiger charge is -2.10. The van der Waals surface area contributed by atoms with Gasteiger partial charge in [0.15, 0.2) is 22.8 Å². The van der Waals surface area contributed by atoms with E-state index in [2.05, 4.69) is 35.7 Å². The average Bonchev–Trinajstić information content (AvgIpc) is 3.84. The van der Waals surface area contributed by atoms with Gasteiger partial charge in [-0.2, -0.15) is 0 Å². The zero-order valence-electron chi connectivity index (χ0n) is 23.8. The van der Waals surface area contributed by atoms with Crippen molar-refractivity contribution in [3.05, 3.63) is 92.4 Å². The van der Waals surface area contributed by atoms with Crippen LogP contribution in [0.3, 0.4) is 0 Å². The first-order valence-electron chi connectivity index (χ1n) is 13.9. The molecular formula is C30H21BrCl2N4O8S2. The van der Waals surface area contributed by atoms with Crippen LogP contribution in [0.2, 0.25) is 10.0 Å². The summed E-state index contributed by atoms with van der Waals surface area (Å²) in [5.74, 6) is 0.854. The fourth-order valence-electron chi connectivity index (χ4n) is 5.24. The molecule has 0 fully saturated rings. The minimum Gasteiger partial charge on any atom is -0.492 e. The van der Waals surface area contributed by atoms with Crippen molar-refractivity contribution in [3.63, 3.8) is 0 Å². The molecular weight excluding hydrogens is 759 g/mol. The molecule has 12 nitrogen and oxygen atoms in total. The minimum atomic E-state index is -3.93. The number of nitrogens with one attached hydrogen (secondary N) is 2. The van der Waals surface area contributed by atoms with E-state index in [1.807, 2.05) is 12.1 Å². The molecule has 2 aromatic heterocycles. The van der Waals surface area contributed by atoms with Crippen LogP contribution in [-0.2, 0) is 32.9 Å². The normalized spacial score (nSPS) is 13.8. The smallest absolute Gasteiger partial charge is 0.266 e. The van der Waals surface area contributed by atoms with Crippen molar-refractivity contribution in [1.82, 2.24) is 10.3 Å². The Balaban J connectivity index is 0.000000150. The standard InChI is InChI=1S/C15H10BrClN2O4S.C15H11ClN2O4S/c16-9-6-8-4-5-22-14(8)12(7-9)24(20,21)19-15-13-10(17)2-1-3-11(13)23-18-15;16-10-4-2-5-11-13(10)15(17-22-11)18-23(19,20)12-6-1-3-9-7-8-21-14(9)12/h1-3,6-7H,4-5H2,(H,18,19);1-6H,7-8H2,(H,17,18). The molecule has 0 saturated heterocycles. The van der Waals surface area contributed by atoms with Crippen LogP contribution in [0, 0.1) is 0 Å². The first-order valence-corrected chi connectivity index (χ1v) is 18.4. The Hall–Kier alpha value is -4.02. The Morgan fingerprint density at radius 3 is 1.77 bits per heavy atom. The van der Waals surface area contributed by atoms with Crippen LogP contribution in [0.25, 0.3) is 21.9 Å². The molecule has 6 aromatic rings. The lowest BCUT2D eigenvalue weighted by atomic mass is 10.2. The minimum absolute atomic E-state index is 0.0438. The molecule has 2 N–H and O–H groups in total. The maximum Gasteiger partial charge on any atom is 0.266 e. The van der Waals surface area contributed by atoms with Crippen molar-refractivity contribution in [3.8, 4) is 11.5 Å². The Morgan fingerprint density at radius 2 is 1.17 bits per heavy atom. The Morgan fingerprint density at radius 1 is 0.660 bits per heavy atom. The highest BCUT2D eigenvalue weighted by atomic mass is 79.9. The molecule has 47 heavy (non-hydrogen) atoms. The first kappa shape index (κ1) is 31.6. The predicted molar refractivity (Wildman–Crippen MR) is 179 cm³/mol. The fraction of sp³-hybridized carbons (Fsp3) is 0.133. The maximum atomic E-state index is 12.8. The average molecular weight is 780 g/mol. The molecule has 0 amide bonds. The fourth-order valence-corrected chi connectivity index (χ4v) is 8.82. The van der Waals surface area contributed by atoms with E-state index in [0.29, 0.717) is 74.0 Å². The molecule has 0 bridgehead atoms. The summed E-state index contributed by atoms with van der Waals surface area (Å²) >= 11 is 15.6. The van der Waals surface area contributed by atoms with Gasteiger partial charge in [-0.15, -0.1) is 0 Å². The number of rotatable bonds is 6. The van der Waals surface area contributed by atoms with Crippen LogP contribution in [0.4, 0.5) is 11.6 Å². The van der Waals surface area contributed by atoms with Gasteiger partial charge in [0.2, 0.25) is 0 Å². The van der Waals surface area contributed by atoms with Crippen LogP contribution in [0.15, 0.2) is 90.0 Å². The molecule has 2 aliphatic rings. The summed E-state index contributed by atoms with van der Waals surface area (Å²) in [5.41, 5.74) is 2.52. The van der Waals surface area contributed by atoms with Crippen LogP contribution in [0.5, 0.6) is 11.5 Å². The third-order valence-electron chi connectivity index (χ3n) is 7.33. The van der Waals surface area contributed by atoms with Crippen molar-refractivity contribution in [2.45, 2.75) is 22.6 Å². The zero-order chi connectivity index (χ0) is 32.9. The number of ether oxygens (including phenoxy) is 2. The zero-order valence-corrected chi connectivity index (χ0v) is 28.5. The van der Waals surface area contributed by atoms with E-state index in [1.54, 1.807) is 42.5 Å². The SMILES string of the molecule is O=S(=O)(Nc1noc2cccc(Cl)c12)c1cc(Br)cc2c1OCC2.O=S(=O)(Nc1noc2cccc(Cl)c12)c1cccc2c1OCC2. The number of aromatic nitrogens is 2. The van der Waals surface area contributed by atoms with Crippen molar-refractivity contribution in [2.24, 2.45) is 0 Å². The van der Waals surface area contributed by atoms with E-state index in [-0.39, 0.29) is 21.4 Å². The van der Waals surface area contributed by atoms with E-state index in [4.69, 9.17) is 41.7 Å². The third-order valence-corrected chi connectivity index (χ3v) is 11.1. The quantitative estimate of drug-likeness (QED) is 0.177. The predicted octanol–water partition coefficient (Wildman–Crippen LogP) is 7.20. The molecule has 0 radical (unpaired) electrons. The second-order valence-electron chi connectivity index (χ2n) is 10.3. The van der Waals surface area contributed by atoms with Crippen molar-refractivity contribution in [1.29, 1.82) is 0 Å². The highest BCUT2D eigenvalue weighted by Crippen LogP contribution is 2.39. The van der Waals surface area contributed by atoms with E-state index in [9.17, 15) is 16.8 Å². The highest BCUT2D eigenvalue weighted by Gasteiger charge is 2.29. The molecule has 0 unspecified atom stereocenters. The van der Waals surface area contributed by atoms with Gasteiger partial charge in [0.1, 0.15) is 21.3 Å². The molecule has 242 valence electrons. The van der Waals surface area contributed by atoms with E-state index in [0.717, 1.165) is 11.1 Å². The Bertz CT molecular complexity index is 2420. The number of benzene rings is 4. The van der Waals surface area contributed by atoms with Gasteiger partial charge < -0.3 is 18.5 Å². The van der Waals surface area contributed by atoms with E-state index < -0.39 is 20.0 Å². The lowest BCUT2D eigenvalue weighted by Crippen LogP contribution is -2.14. The van der Waals surface area contributed by atoms with Gasteiger partial charge in [-0.25, -0.2) is 16.8 Å². The first-order chi connectivity index (χ1) is 22.5. The van der Waals surface area contributed by atoms with Crippen LogP contribution < -0.4 is 18.9 Å². The summed E-state index contributed by atoms with van der Waals surface area (Å²) in [4.78, 5) is 0.128. The number of fused-ring (bicyclic) bond motifs is 4.